The van der Waals surface area contributed by atoms with Gasteiger partial charge < -0.3 is 14.6 Å². The van der Waals surface area contributed by atoms with Crippen LogP contribution in [-0.2, 0) is 18.4 Å². The molecule has 4 rings (SSSR count). The second-order valence-electron chi connectivity index (χ2n) is 7.92. The van der Waals surface area contributed by atoms with E-state index in [-0.39, 0.29) is 5.60 Å². The lowest BCUT2D eigenvalue weighted by molar-refractivity contribution is 0.0801. The number of aromatic nitrogens is 1. The van der Waals surface area contributed by atoms with E-state index in [2.05, 4.69) is 18.8 Å². The van der Waals surface area contributed by atoms with Crippen LogP contribution < -0.4 is 9.47 Å². The van der Waals surface area contributed by atoms with Crippen LogP contribution in [0.2, 0.25) is 0 Å². The van der Waals surface area contributed by atoms with Crippen molar-refractivity contribution in [2.45, 2.75) is 37.9 Å². The normalized spacial score (nSPS) is 16.7. The summed E-state index contributed by atoms with van der Waals surface area (Å²) < 4.78 is 11.7. The van der Waals surface area contributed by atoms with Gasteiger partial charge in [-0.05, 0) is 48.7 Å². The van der Waals surface area contributed by atoms with E-state index in [1.54, 1.807) is 19.5 Å². The highest BCUT2D eigenvalue weighted by molar-refractivity contribution is 5.58. The Balaban J connectivity index is 1.91. The molecule has 1 aliphatic heterocycles. The second kappa shape index (κ2) is 6.95. The Hall–Kier alpha value is -2.85. The van der Waals surface area contributed by atoms with Gasteiger partial charge in [0.1, 0.15) is 11.2 Å². The van der Waals surface area contributed by atoms with Gasteiger partial charge in [0.05, 0.1) is 7.11 Å². The molecule has 0 fully saturated rings. The van der Waals surface area contributed by atoms with Crippen LogP contribution in [0.25, 0.3) is 0 Å². The maximum atomic E-state index is 12.1. The number of hydrogen-bond acceptors (Lipinski definition) is 4. The van der Waals surface area contributed by atoms with E-state index < -0.39 is 5.60 Å². The number of fused-ring (bicyclic) bond motifs is 1. The minimum Gasteiger partial charge on any atom is -0.493 e. The Morgan fingerprint density at radius 2 is 1.79 bits per heavy atom. The van der Waals surface area contributed by atoms with Gasteiger partial charge in [-0.15, -0.1) is 0 Å². The van der Waals surface area contributed by atoms with Crippen LogP contribution in [0, 0.1) is 0 Å². The van der Waals surface area contributed by atoms with E-state index in [4.69, 9.17) is 9.47 Å². The molecule has 0 saturated carbocycles. The Morgan fingerprint density at radius 1 is 1.07 bits per heavy atom. The zero-order valence-corrected chi connectivity index (χ0v) is 16.5. The maximum Gasteiger partial charge on any atom is 0.165 e. The van der Waals surface area contributed by atoms with Crippen LogP contribution >= 0.6 is 0 Å². The highest BCUT2D eigenvalue weighted by atomic mass is 16.5. The fraction of sp³-hybridized carbons (Fsp3) is 0.292. The molecular weight excluding hydrogens is 350 g/mol. The Morgan fingerprint density at radius 3 is 2.46 bits per heavy atom. The molecule has 0 bridgehead atoms. The molecule has 1 unspecified atom stereocenters. The van der Waals surface area contributed by atoms with Crippen molar-refractivity contribution in [3.8, 4) is 11.5 Å². The summed E-state index contributed by atoms with van der Waals surface area (Å²) in [5.74, 6) is 1.43. The molecule has 0 radical (unpaired) electrons. The van der Waals surface area contributed by atoms with Crippen molar-refractivity contribution >= 4 is 0 Å². The van der Waals surface area contributed by atoms with Gasteiger partial charge >= 0.3 is 0 Å². The van der Waals surface area contributed by atoms with Gasteiger partial charge in [0, 0.05) is 30.8 Å². The second-order valence-corrected chi connectivity index (χ2v) is 7.92. The average Bonchev–Trinajstić information content (AvgIpc) is 3.03. The number of rotatable bonds is 5. The van der Waals surface area contributed by atoms with E-state index >= 15 is 0 Å². The summed E-state index contributed by atoms with van der Waals surface area (Å²) in [7, 11) is 1.64. The van der Waals surface area contributed by atoms with Crippen molar-refractivity contribution in [2.75, 3.05) is 7.11 Å². The largest absolute Gasteiger partial charge is 0.493 e. The van der Waals surface area contributed by atoms with Crippen molar-refractivity contribution in [3.63, 3.8) is 0 Å². The molecule has 1 atom stereocenters. The van der Waals surface area contributed by atoms with Gasteiger partial charge in [-0.3, -0.25) is 4.98 Å². The Kier molecular flexibility index (Phi) is 4.60. The number of benzene rings is 2. The fourth-order valence-corrected chi connectivity index (χ4v) is 4.04. The van der Waals surface area contributed by atoms with Crippen molar-refractivity contribution in [1.29, 1.82) is 0 Å². The smallest absolute Gasteiger partial charge is 0.165 e. The van der Waals surface area contributed by atoms with E-state index in [0.717, 1.165) is 28.0 Å². The molecule has 2 aromatic carbocycles. The average molecular weight is 375 g/mol. The fourth-order valence-electron chi connectivity index (χ4n) is 4.04. The Bertz CT molecular complexity index is 970. The monoisotopic (exact) mass is 375 g/mol. The summed E-state index contributed by atoms with van der Waals surface area (Å²) in [5.41, 5.74) is 2.19. The molecule has 1 aromatic heterocycles. The molecule has 0 saturated heterocycles. The van der Waals surface area contributed by atoms with Crippen LogP contribution in [0.15, 0.2) is 67.0 Å². The standard InChI is InChI=1S/C24H25NO3/c1-23(2)16-19-20(9-10-21(27-3)22(19)28-23)24(26,18-7-5-4-6-8-18)15-17-11-13-25-14-12-17/h4-14,26H,15-16H2,1-3H3. The predicted molar refractivity (Wildman–Crippen MR) is 109 cm³/mol. The molecule has 4 heteroatoms. The first-order valence-corrected chi connectivity index (χ1v) is 9.49. The molecule has 0 aliphatic carbocycles. The molecule has 28 heavy (non-hydrogen) atoms. The lowest BCUT2D eigenvalue weighted by Gasteiger charge is -2.31. The number of ether oxygens (including phenoxy) is 2. The minimum absolute atomic E-state index is 0.347. The van der Waals surface area contributed by atoms with Gasteiger partial charge in [-0.1, -0.05) is 36.4 Å². The molecule has 0 amide bonds. The molecule has 4 nitrogen and oxygen atoms in total. The van der Waals surface area contributed by atoms with E-state index in [0.29, 0.717) is 18.6 Å². The van der Waals surface area contributed by atoms with Gasteiger partial charge in [0.2, 0.25) is 0 Å². The van der Waals surface area contributed by atoms with Crippen LogP contribution in [0.4, 0.5) is 0 Å². The number of methoxy groups -OCH3 is 1. The maximum absolute atomic E-state index is 12.1. The summed E-state index contributed by atoms with van der Waals surface area (Å²) in [6.45, 7) is 4.11. The third-order valence-corrected chi connectivity index (χ3v) is 5.33. The predicted octanol–water partition coefficient (Wildman–Crippen LogP) is 4.28. The van der Waals surface area contributed by atoms with E-state index in [1.807, 2.05) is 54.6 Å². The first-order valence-electron chi connectivity index (χ1n) is 9.49. The van der Waals surface area contributed by atoms with Crippen molar-refractivity contribution in [1.82, 2.24) is 4.98 Å². The molecular formula is C24H25NO3. The molecule has 0 spiro atoms. The third kappa shape index (κ3) is 3.25. The molecule has 2 heterocycles. The molecule has 144 valence electrons. The first-order chi connectivity index (χ1) is 13.4. The van der Waals surface area contributed by atoms with Gasteiger partial charge in [-0.25, -0.2) is 0 Å². The summed E-state index contributed by atoms with van der Waals surface area (Å²) in [6, 6.07) is 17.6. The first kappa shape index (κ1) is 18.5. The number of aliphatic hydroxyl groups is 1. The molecule has 1 N–H and O–H groups in total. The van der Waals surface area contributed by atoms with Gasteiger partial charge in [0.15, 0.2) is 11.5 Å². The summed E-state index contributed by atoms with van der Waals surface area (Å²) in [6.07, 6.45) is 4.66. The minimum atomic E-state index is -1.19. The topological polar surface area (TPSA) is 51.6 Å². The lowest BCUT2D eigenvalue weighted by Crippen LogP contribution is -2.32. The number of hydrogen-bond donors (Lipinski definition) is 1. The number of nitrogens with zero attached hydrogens (tertiary/aromatic N) is 1. The number of pyridine rings is 1. The lowest BCUT2D eigenvalue weighted by atomic mass is 9.78. The van der Waals surface area contributed by atoms with Crippen molar-refractivity contribution in [3.05, 3.63) is 89.2 Å². The van der Waals surface area contributed by atoms with Crippen LogP contribution in [-0.4, -0.2) is 22.8 Å². The Labute approximate surface area is 165 Å². The highest BCUT2D eigenvalue weighted by Gasteiger charge is 2.41. The SMILES string of the molecule is COc1ccc(C(O)(Cc2ccncc2)c2ccccc2)c2c1OC(C)(C)C2. The van der Waals surface area contributed by atoms with E-state index in [9.17, 15) is 5.11 Å². The quantitative estimate of drug-likeness (QED) is 0.723. The summed E-state index contributed by atoms with van der Waals surface area (Å²) in [4.78, 5) is 4.10. The van der Waals surface area contributed by atoms with E-state index in [1.165, 1.54) is 0 Å². The van der Waals surface area contributed by atoms with Crippen LogP contribution in [0.1, 0.15) is 36.1 Å². The molecule has 1 aliphatic rings. The molecule has 3 aromatic rings. The zero-order chi connectivity index (χ0) is 19.8. The van der Waals surface area contributed by atoms with Gasteiger partial charge in [0.25, 0.3) is 0 Å². The van der Waals surface area contributed by atoms with Gasteiger partial charge in [-0.2, -0.15) is 0 Å². The zero-order valence-electron chi connectivity index (χ0n) is 16.5. The van der Waals surface area contributed by atoms with Crippen molar-refractivity contribution in [2.24, 2.45) is 0 Å². The third-order valence-electron chi connectivity index (χ3n) is 5.33. The van der Waals surface area contributed by atoms with Crippen molar-refractivity contribution < 1.29 is 14.6 Å². The summed E-state index contributed by atoms with van der Waals surface area (Å²) >= 11 is 0. The van der Waals surface area contributed by atoms with Crippen LogP contribution in [0.3, 0.4) is 0 Å². The highest BCUT2D eigenvalue weighted by Crippen LogP contribution is 2.48. The summed E-state index contributed by atoms with van der Waals surface area (Å²) in [5, 5.41) is 12.1. The van der Waals surface area contributed by atoms with Crippen LogP contribution in [0.5, 0.6) is 11.5 Å².